The second-order valence-electron chi connectivity index (χ2n) is 3.95. The highest BCUT2D eigenvalue weighted by Gasteiger charge is 2.11. The Morgan fingerprint density at radius 1 is 1.32 bits per heavy atom. The minimum atomic E-state index is -1.08. The molecule has 1 aromatic heterocycles. The third kappa shape index (κ3) is 3.04. The van der Waals surface area contributed by atoms with Gasteiger partial charge in [-0.3, -0.25) is 14.8 Å². The largest absolute Gasteiger partial charge is 0.361 e. The summed E-state index contributed by atoms with van der Waals surface area (Å²) in [5.74, 6) is -1.96. The molecular weight excluding hydrogens is 270 g/mol. The van der Waals surface area contributed by atoms with Crippen LogP contribution in [0.4, 0.5) is 0 Å². The van der Waals surface area contributed by atoms with Crippen molar-refractivity contribution < 1.29 is 14.8 Å². The number of fused-ring (bicyclic) bond motifs is 1. The number of H-pyrrole nitrogens is 1. The number of amides is 2. The molecule has 0 radical (unpaired) electrons. The number of benzene rings is 1. The molecule has 0 atom stereocenters. The number of carbonyl (C=O) groups is 2. The number of aromatic nitrogens is 1. The SMILES string of the molecule is O=C(NO)C(=O)NCCc1c[nH]c2ccc(Cl)cc12. The van der Waals surface area contributed by atoms with Crippen LogP contribution in [0.2, 0.25) is 5.02 Å². The van der Waals surface area contributed by atoms with Crippen molar-refractivity contribution >= 4 is 34.3 Å². The molecule has 0 aliphatic heterocycles. The fourth-order valence-electron chi connectivity index (χ4n) is 1.80. The normalized spacial score (nSPS) is 10.4. The smallest absolute Gasteiger partial charge is 0.332 e. The molecule has 2 aromatic rings. The Hall–Kier alpha value is -2.05. The topological polar surface area (TPSA) is 94.2 Å². The molecule has 0 fully saturated rings. The Labute approximate surface area is 113 Å². The third-order valence-corrected chi connectivity index (χ3v) is 2.95. The van der Waals surface area contributed by atoms with E-state index in [9.17, 15) is 9.59 Å². The lowest BCUT2D eigenvalue weighted by atomic mass is 10.1. The maximum absolute atomic E-state index is 11.1. The van der Waals surface area contributed by atoms with Gasteiger partial charge in [-0.2, -0.15) is 0 Å². The van der Waals surface area contributed by atoms with Crippen molar-refractivity contribution in [2.75, 3.05) is 6.54 Å². The van der Waals surface area contributed by atoms with E-state index in [1.54, 1.807) is 6.07 Å². The Balaban J connectivity index is 2.00. The van der Waals surface area contributed by atoms with E-state index >= 15 is 0 Å². The molecule has 2 amide bonds. The monoisotopic (exact) mass is 281 g/mol. The maximum atomic E-state index is 11.1. The van der Waals surface area contributed by atoms with E-state index in [1.165, 1.54) is 5.48 Å². The number of nitrogens with one attached hydrogen (secondary N) is 3. The number of halogens is 1. The van der Waals surface area contributed by atoms with Gasteiger partial charge in [-0.15, -0.1) is 0 Å². The molecule has 0 spiro atoms. The summed E-state index contributed by atoms with van der Waals surface area (Å²) in [5.41, 5.74) is 3.22. The number of carbonyl (C=O) groups excluding carboxylic acids is 2. The zero-order valence-electron chi connectivity index (χ0n) is 9.87. The van der Waals surface area contributed by atoms with E-state index in [-0.39, 0.29) is 6.54 Å². The first-order valence-corrected chi connectivity index (χ1v) is 5.97. The highest BCUT2D eigenvalue weighted by molar-refractivity contribution is 6.34. The molecule has 19 heavy (non-hydrogen) atoms. The maximum Gasteiger partial charge on any atom is 0.332 e. The molecule has 0 unspecified atom stereocenters. The number of rotatable bonds is 3. The molecule has 2 rings (SSSR count). The lowest BCUT2D eigenvalue weighted by Gasteiger charge is -2.03. The summed E-state index contributed by atoms with van der Waals surface area (Å²) in [6.45, 7) is 0.283. The summed E-state index contributed by atoms with van der Waals surface area (Å²) in [6.07, 6.45) is 2.38. The van der Waals surface area contributed by atoms with Gasteiger partial charge in [0.05, 0.1) is 0 Å². The van der Waals surface area contributed by atoms with Gasteiger partial charge >= 0.3 is 11.8 Å². The van der Waals surface area contributed by atoms with Crippen LogP contribution in [0.25, 0.3) is 10.9 Å². The van der Waals surface area contributed by atoms with Gasteiger partial charge in [0.25, 0.3) is 0 Å². The fourth-order valence-corrected chi connectivity index (χ4v) is 1.97. The first-order valence-electron chi connectivity index (χ1n) is 5.59. The van der Waals surface area contributed by atoms with Crippen LogP contribution in [0.5, 0.6) is 0 Å². The molecule has 1 heterocycles. The molecule has 1 aromatic carbocycles. The van der Waals surface area contributed by atoms with Gasteiger partial charge in [-0.05, 0) is 30.2 Å². The Morgan fingerprint density at radius 3 is 2.84 bits per heavy atom. The van der Waals surface area contributed by atoms with E-state index < -0.39 is 11.8 Å². The average Bonchev–Trinajstić information content (AvgIpc) is 2.80. The third-order valence-electron chi connectivity index (χ3n) is 2.72. The van der Waals surface area contributed by atoms with Gasteiger partial charge in [0.2, 0.25) is 0 Å². The fraction of sp³-hybridized carbons (Fsp3) is 0.167. The molecule has 0 aliphatic rings. The molecule has 0 bridgehead atoms. The van der Waals surface area contributed by atoms with Crippen LogP contribution in [-0.2, 0) is 16.0 Å². The zero-order valence-corrected chi connectivity index (χ0v) is 10.6. The number of hydrogen-bond donors (Lipinski definition) is 4. The number of hydrogen-bond acceptors (Lipinski definition) is 3. The summed E-state index contributed by atoms with van der Waals surface area (Å²) < 4.78 is 0. The predicted octanol–water partition coefficient (Wildman–Crippen LogP) is 0.985. The van der Waals surface area contributed by atoms with Crippen molar-refractivity contribution in [1.82, 2.24) is 15.8 Å². The summed E-state index contributed by atoms with van der Waals surface area (Å²) in [6, 6.07) is 5.50. The van der Waals surface area contributed by atoms with Crippen molar-refractivity contribution in [2.24, 2.45) is 0 Å². The van der Waals surface area contributed by atoms with E-state index in [0.29, 0.717) is 11.4 Å². The van der Waals surface area contributed by atoms with Gasteiger partial charge in [-0.25, -0.2) is 5.48 Å². The van der Waals surface area contributed by atoms with Crippen LogP contribution in [0.3, 0.4) is 0 Å². The average molecular weight is 282 g/mol. The lowest BCUT2D eigenvalue weighted by Crippen LogP contribution is -2.39. The van der Waals surface area contributed by atoms with Crippen LogP contribution < -0.4 is 10.8 Å². The first-order chi connectivity index (χ1) is 9.11. The van der Waals surface area contributed by atoms with Gasteiger partial charge in [0.15, 0.2) is 0 Å². The minimum absolute atomic E-state index is 0.283. The summed E-state index contributed by atoms with van der Waals surface area (Å²) in [7, 11) is 0. The molecular formula is C12H12ClN3O3. The van der Waals surface area contributed by atoms with E-state index in [1.807, 2.05) is 18.3 Å². The highest BCUT2D eigenvalue weighted by atomic mass is 35.5. The van der Waals surface area contributed by atoms with Crippen molar-refractivity contribution in [2.45, 2.75) is 6.42 Å². The molecule has 4 N–H and O–H groups in total. The van der Waals surface area contributed by atoms with Crippen LogP contribution >= 0.6 is 11.6 Å². The highest BCUT2D eigenvalue weighted by Crippen LogP contribution is 2.22. The van der Waals surface area contributed by atoms with Crippen molar-refractivity contribution in [3.05, 3.63) is 35.0 Å². The minimum Gasteiger partial charge on any atom is -0.361 e. The molecule has 0 saturated carbocycles. The predicted molar refractivity (Wildman–Crippen MR) is 70.0 cm³/mol. The molecule has 7 heteroatoms. The quantitative estimate of drug-likeness (QED) is 0.384. The van der Waals surface area contributed by atoms with Crippen LogP contribution in [-0.4, -0.2) is 28.6 Å². The Kier molecular flexibility index (Phi) is 4.03. The summed E-state index contributed by atoms with van der Waals surface area (Å²) in [4.78, 5) is 25.0. The number of aromatic amines is 1. The first kappa shape index (κ1) is 13.4. The van der Waals surface area contributed by atoms with Gasteiger partial charge in [0.1, 0.15) is 0 Å². The van der Waals surface area contributed by atoms with Crippen molar-refractivity contribution in [1.29, 1.82) is 0 Å². The number of hydroxylamine groups is 1. The van der Waals surface area contributed by atoms with E-state index in [2.05, 4.69) is 10.3 Å². The van der Waals surface area contributed by atoms with Crippen LogP contribution in [0, 0.1) is 0 Å². The van der Waals surface area contributed by atoms with E-state index in [0.717, 1.165) is 16.5 Å². The zero-order chi connectivity index (χ0) is 13.8. The second-order valence-corrected chi connectivity index (χ2v) is 4.39. The Bertz CT molecular complexity index is 624. The molecule has 0 aliphatic carbocycles. The van der Waals surface area contributed by atoms with Crippen LogP contribution in [0.15, 0.2) is 24.4 Å². The summed E-state index contributed by atoms with van der Waals surface area (Å²) in [5, 5.41) is 12.3. The second kappa shape index (κ2) is 5.73. The van der Waals surface area contributed by atoms with E-state index in [4.69, 9.17) is 16.8 Å². The standard InChI is InChI=1S/C12H12ClN3O3/c13-8-1-2-10-9(5-8)7(6-15-10)3-4-14-11(17)12(18)16-19/h1-2,5-6,15,19H,3-4H2,(H,14,17)(H,16,18). The van der Waals surface area contributed by atoms with Gasteiger partial charge in [0, 0.05) is 28.7 Å². The Morgan fingerprint density at radius 2 is 2.11 bits per heavy atom. The van der Waals surface area contributed by atoms with Crippen molar-refractivity contribution in [3.63, 3.8) is 0 Å². The molecule has 0 saturated heterocycles. The summed E-state index contributed by atoms with van der Waals surface area (Å²) >= 11 is 5.93. The lowest BCUT2D eigenvalue weighted by molar-refractivity contribution is -0.144. The molecule has 6 nitrogen and oxygen atoms in total. The molecule has 100 valence electrons. The van der Waals surface area contributed by atoms with Crippen molar-refractivity contribution in [3.8, 4) is 0 Å². The van der Waals surface area contributed by atoms with Crippen LogP contribution in [0.1, 0.15) is 5.56 Å². The van der Waals surface area contributed by atoms with Gasteiger partial charge < -0.3 is 10.3 Å². The van der Waals surface area contributed by atoms with Gasteiger partial charge in [-0.1, -0.05) is 11.6 Å².